The minimum Gasteiger partial charge on any atom is -0.467 e. The molecule has 0 saturated carbocycles. The Bertz CT molecular complexity index is 443. The van der Waals surface area contributed by atoms with Crippen LogP contribution in [0.3, 0.4) is 0 Å². The monoisotopic (exact) mass is 279 g/mol. The second-order valence-electron chi connectivity index (χ2n) is 4.24. The highest BCUT2D eigenvalue weighted by Gasteiger charge is 2.15. The second-order valence-corrected chi connectivity index (χ2v) is 5.27. The van der Waals surface area contributed by atoms with Crippen molar-refractivity contribution in [3.05, 3.63) is 46.5 Å². The van der Waals surface area contributed by atoms with Crippen molar-refractivity contribution in [3.63, 3.8) is 0 Å². The van der Waals surface area contributed by atoms with Gasteiger partial charge >= 0.3 is 0 Å². The van der Waals surface area contributed by atoms with Crippen molar-refractivity contribution < 1.29 is 14.3 Å². The molecule has 0 fully saturated rings. The molecule has 1 N–H and O–H groups in total. The molecule has 19 heavy (non-hydrogen) atoms. The number of rotatable bonds is 7. The molecule has 0 radical (unpaired) electrons. The van der Waals surface area contributed by atoms with Crippen LogP contribution in [-0.2, 0) is 17.9 Å². The normalized spacial score (nSPS) is 10.6. The van der Waals surface area contributed by atoms with E-state index < -0.39 is 0 Å². The number of hydrogen-bond acceptors (Lipinski definition) is 4. The summed E-state index contributed by atoms with van der Waals surface area (Å²) < 4.78 is 5.30. The van der Waals surface area contributed by atoms with Gasteiger partial charge in [-0.3, -0.25) is 4.79 Å². The van der Waals surface area contributed by atoms with Gasteiger partial charge in [-0.1, -0.05) is 6.07 Å². The van der Waals surface area contributed by atoms with Crippen LogP contribution in [0.15, 0.2) is 40.3 Å². The molecule has 4 nitrogen and oxygen atoms in total. The summed E-state index contributed by atoms with van der Waals surface area (Å²) in [6, 6.07) is 7.67. The number of carbonyl (C=O) groups excluding carboxylic acids is 1. The summed E-state index contributed by atoms with van der Waals surface area (Å²) >= 11 is 1.63. The average molecular weight is 279 g/mol. The number of hydrogen-bond donors (Lipinski definition) is 1. The van der Waals surface area contributed by atoms with E-state index in [1.807, 2.05) is 29.6 Å². The van der Waals surface area contributed by atoms with Crippen LogP contribution < -0.4 is 0 Å². The fraction of sp³-hybridized carbons (Fsp3) is 0.357. The third kappa shape index (κ3) is 4.22. The lowest BCUT2D eigenvalue weighted by Gasteiger charge is -2.21. The van der Waals surface area contributed by atoms with Crippen LogP contribution in [0.1, 0.15) is 23.5 Å². The SMILES string of the molecule is O=C(CCCO)N(Cc1ccco1)Cc1cccs1. The highest BCUT2D eigenvalue weighted by molar-refractivity contribution is 7.09. The molecule has 0 bridgehead atoms. The zero-order valence-corrected chi connectivity index (χ0v) is 11.4. The summed E-state index contributed by atoms with van der Waals surface area (Å²) in [5.41, 5.74) is 0. The van der Waals surface area contributed by atoms with Gasteiger partial charge in [0.2, 0.25) is 5.91 Å². The van der Waals surface area contributed by atoms with Gasteiger partial charge in [0.05, 0.1) is 19.4 Å². The van der Waals surface area contributed by atoms with Gasteiger partial charge < -0.3 is 14.4 Å². The summed E-state index contributed by atoms with van der Waals surface area (Å²) in [7, 11) is 0. The Morgan fingerprint density at radius 2 is 2.21 bits per heavy atom. The summed E-state index contributed by atoms with van der Waals surface area (Å²) in [5.74, 6) is 0.813. The first-order valence-electron chi connectivity index (χ1n) is 6.23. The third-order valence-electron chi connectivity index (χ3n) is 2.76. The molecular formula is C14H17NO3S. The van der Waals surface area contributed by atoms with E-state index in [1.165, 1.54) is 0 Å². The molecule has 102 valence electrons. The van der Waals surface area contributed by atoms with Crippen molar-refractivity contribution >= 4 is 17.2 Å². The molecule has 2 aromatic heterocycles. The predicted molar refractivity (Wildman–Crippen MR) is 73.6 cm³/mol. The highest BCUT2D eigenvalue weighted by atomic mass is 32.1. The maximum atomic E-state index is 12.1. The minimum atomic E-state index is 0.0406. The van der Waals surface area contributed by atoms with E-state index in [1.54, 1.807) is 22.5 Å². The van der Waals surface area contributed by atoms with Crippen LogP contribution in [0.2, 0.25) is 0 Å². The lowest BCUT2D eigenvalue weighted by atomic mass is 10.2. The van der Waals surface area contributed by atoms with Crippen molar-refractivity contribution in [1.29, 1.82) is 0 Å². The molecule has 5 heteroatoms. The molecule has 0 aromatic carbocycles. The first kappa shape index (κ1) is 13.8. The maximum absolute atomic E-state index is 12.1. The molecule has 0 unspecified atom stereocenters. The molecule has 0 aliphatic rings. The standard InChI is InChI=1S/C14H17NO3S/c16-7-1-6-14(17)15(10-12-4-2-8-18-12)11-13-5-3-9-19-13/h2-5,8-9,16H,1,6-7,10-11H2. The number of aliphatic hydroxyl groups excluding tert-OH is 1. The van der Waals surface area contributed by atoms with Crippen LogP contribution in [0.25, 0.3) is 0 Å². The van der Waals surface area contributed by atoms with Crippen molar-refractivity contribution in [1.82, 2.24) is 4.90 Å². The topological polar surface area (TPSA) is 53.7 Å². The number of furan rings is 1. The van der Waals surface area contributed by atoms with Gasteiger partial charge in [0.15, 0.2) is 0 Å². The summed E-state index contributed by atoms with van der Waals surface area (Å²) in [4.78, 5) is 15.0. The lowest BCUT2D eigenvalue weighted by molar-refractivity contribution is -0.133. The maximum Gasteiger partial charge on any atom is 0.223 e. The van der Waals surface area contributed by atoms with Crippen LogP contribution in [0, 0.1) is 0 Å². The molecule has 1 amide bonds. The van der Waals surface area contributed by atoms with E-state index in [0.29, 0.717) is 25.9 Å². The Morgan fingerprint density at radius 3 is 2.84 bits per heavy atom. The lowest BCUT2D eigenvalue weighted by Crippen LogP contribution is -2.29. The largest absolute Gasteiger partial charge is 0.467 e. The van der Waals surface area contributed by atoms with Gasteiger partial charge in [0.1, 0.15) is 5.76 Å². The van der Waals surface area contributed by atoms with E-state index in [-0.39, 0.29) is 12.5 Å². The van der Waals surface area contributed by atoms with Gasteiger partial charge in [0.25, 0.3) is 0 Å². The van der Waals surface area contributed by atoms with Crippen molar-refractivity contribution in [3.8, 4) is 0 Å². The molecule has 0 atom stereocenters. The number of nitrogens with zero attached hydrogens (tertiary/aromatic N) is 1. The van der Waals surface area contributed by atoms with Gasteiger partial charge in [-0.2, -0.15) is 0 Å². The fourth-order valence-corrected chi connectivity index (χ4v) is 2.52. The Balaban J connectivity index is 2.01. The van der Waals surface area contributed by atoms with E-state index in [2.05, 4.69) is 0 Å². The Morgan fingerprint density at radius 1 is 1.32 bits per heavy atom. The average Bonchev–Trinajstić information content (AvgIpc) is 3.08. The minimum absolute atomic E-state index is 0.0406. The van der Waals surface area contributed by atoms with Gasteiger partial charge in [0, 0.05) is 17.9 Å². The summed E-state index contributed by atoms with van der Waals surface area (Å²) in [5, 5.41) is 10.8. The highest BCUT2D eigenvalue weighted by Crippen LogP contribution is 2.16. The van der Waals surface area contributed by atoms with E-state index in [0.717, 1.165) is 10.6 Å². The fourth-order valence-electron chi connectivity index (χ4n) is 1.80. The zero-order valence-electron chi connectivity index (χ0n) is 10.6. The third-order valence-corrected chi connectivity index (χ3v) is 3.62. The van der Waals surface area contributed by atoms with Gasteiger partial charge in [-0.05, 0) is 30.0 Å². The second kappa shape index (κ2) is 7.11. The van der Waals surface area contributed by atoms with Crippen molar-refractivity contribution in [2.24, 2.45) is 0 Å². The number of aliphatic hydroxyl groups is 1. The predicted octanol–water partition coefficient (Wildman–Crippen LogP) is 2.64. The first-order valence-corrected chi connectivity index (χ1v) is 7.11. The Hall–Kier alpha value is -1.59. The molecule has 0 spiro atoms. The summed E-state index contributed by atoms with van der Waals surface area (Å²) in [6.45, 7) is 1.09. The molecule has 0 aliphatic carbocycles. The zero-order chi connectivity index (χ0) is 13.5. The molecule has 2 rings (SSSR count). The van der Waals surface area contributed by atoms with Gasteiger partial charge in [-0.25, -0.2) is 0 Å². The first-order chi connectivity index (χ1) is 9.29. The van der Waals surface area contributed by atoms with E-state index in [4.69, 9.17) is 9.52 Å². The molecule has 0 saturated heterocycles. The van der Waals surface area contributed by atoms with Crippen molar-refractivity contribution in [2.45, 2.75) is 25.9 Å². The molecular weight excluding hydrogens is 262 g/mol. The molecule has 2 aromatic rings. The van der Waals surface area contributed by atoms with E-state index in [9.17, 15) is 4.79 Å². The van der Waals surface area contributed by atoms with Crippen LogP contribution >= 0.6 is 11.3 Å². The van der Waals surface area contributed by atoms with Crippen LogP contribution in [0.4, 0.5) is 0 Å². The Kier molecular flexibility index (Phi) is 5.18. The smallest absolute Gasteiger partial charge is 0.223 e. The van der Waals surface area contributed by atoms with Crippen LogP contribution in [0.5, 0.6) is 0 Å². The number of amides is 1. The Labute approximate surface area is 116 Å². The van der Waals surface area contributed by atoms with Crippen molar-refractivity contribution in [2.75, 3.05) is 6.61 Å². The molecule has 0 aliphatic heterocycles. The quantitative estimate of drug-likeness (QED) is 0.847. The number of thiophene rings is 1. The summed E-state index contributed by atoms with van der Waals surface area (Å²) in [6.07, 6.45) is 2.47. The number of carbonyl (C=O) groups is 1. The molecule has 2 heterocycles. The van der Waals surface area contributed by atoms with E-state index >= 15 is 0 Å². The van der Waals surface area contributed by atoms with Crippen LogP contribution in [-0.4, -0.2) is 22.5 Å². The van der Waals surface area contributed by atoms with Gasteiger partial charge in [-0.15, -0.1) is 11.3 Å².